The van der Waals surface area contributed by atoms with E-state index in [0.717, 1.165) is 12.3 Å². The predicted octanol–water partition coefficient (Wildman–Crippen LogP) is 3.16. The SMILES string of the molecule is CCOCCCNC(=O)c1cnn2c(C(F)(F)F)cc(-c3ccco3)nc12. The highest BCUT2D eigenvalue weighted by Gasteiger charge is 2.36. The Labute approximate surface area is 152 Å². The highest BCUT2D eigenvalue weighted by atomic mass is 19.4. The average molecular weight is 382 g/mol. The van der Waals surface area contributed by atoms with Crippen molar-refractivity contribution < 1.29 is 27.1 Å². The highest BCUT2D eigenvalue weighted by molar-refractivity contribution is 5.99. The van der Waals surface area contributed by atoms with Gasteiger partial charge in [-0.05, 0) is 31.5 Å². The van der Waals surface area contributed by atoms with Crippen LogP contribution in [-0.2, 0) is 10.9 Å². The van der Waals surface area contributed by atoms with E-state index in [1.807, 2.05) is 6.92 Å². The van der Waals surface area contributed by atoms with Crippen LogP contribution in [0.15, 0.2) is 35.1 Å². The normalized spacial score (nSPS) is 11.9. The van der Waals surface area contributed by atoms with Crippen molar-refractivity contribution in [2.24, 2.45) is 0 Å². The molecular weight excluding hydrogens is 365 g/mol. The van der Waals surface area contributed by atoms with Gasteiger partial charge in [-0.2, -0.15) is 18.3 Å². The van der Waals surface area contributed by atoms with E-state index in [1.165, 1.54) is 18.4 Å². The summed E-state index contributed by atoms with van der Waals surface area (Å²) in [5.41, 5.74) is -1.33. The topological polar surface area (TPSA) is 81.7 Å². The molecule has 27 heavy (non-hydrogen) atoms. The summed E-state index contributed by atoms with van der Waals surface area (Å²) in [5, 5.41) is 6.34. The van der Waals surface area contributed by atoms with E-state index >= 15 is 0 Å². The van der Waals surface area contributed by atoms with Gasteiger partial charge in [-0.3, -0.25) is 4.79 Å². The van der Waals surface area contributed by atoms with Crippen molar-refractivity contribution in [3.8, 4) is 11.5 Å². The summed E-state index contributed by atoms with van der Waals surface area (Å²) in [7, 11) is 0. The fraction of sp³-hybridized carbons (Fsp3) is 0.353. The lowest BCUT2D eigenvalue weighted by atomic mass is 10.2. The quantitative estimate of drug-likeness (QED) is 0.635. The minimum atomic E-state index is -4.68. The van der Waals surface area contributed by atoms with Gasteiger partial charge in [0.2, 0.25) is 0 Å². The summed E-state index contributed by atoms with van der Waals surface area (Å²) in [6, 6.07) is 3.86. The monoisotopic (exact) mass is 382 g/mol. The second-order valence-corrected chi connectivity index (χ2v) is 5.60. The molecule has 3 aromatic rings. The van der Waals surface area contributed by atoms with Crippen LogP contribution in [0.3, 0.4) is 0 Å². The molecule has 0 atom stereocenters. The first-order chi connectivity index (χ1) is 12.9. The number of hydrogen-bond donors (Lipinski definition) is 1. The molecule has 0 aliphatic rings. The number of halogens is 3. The predicted molar refractivity (Wildman–Crippen MR) is 89.1 cm³/mol. The molecule has 1 amide bonds. The second-order valence-electron chi connectivity index (χ2n) is 5.60. The Bertz CT molecular complexity index is 920. The molecule has 0 saturated carbocycles. The van der Waals surface area contributed by atoms with Crippen molar-refractivity contribution in [1.82, 2.24) is 19.9 Å². The molecule has 3 rings (SSSR count). The first-order valence-corrected chi connectivity index (χ1v) is 8.27. The van der Waals surface area contributed by atoms with Crippen LogP contribution in [0.5, 0.6) is 0 Å². The average Bonchev–Trinajstić information content (AvgIpc) is 3.29. The molecule has 0 radical (unpaired) electrons. The molecule has 0 aromatic carbocycles. The second kappa shape index (κ2) is 7.78. The van der Waals surface area contributed by atoms with Crippen LogP contribution in [0.4, 0.5) is 13.2 Å². The van der Waals surface area contributed by atoms with Crippen LogP contribution >= 0.6 is 0 Å². The maximum Gasteiger partial charge on any atom is 0.433 e. The third-order valence-electron chi connectivity index (χ3n) is 3.74. The third-order valence-corrected chi connectivity index (χ3v) is 3.74. The minimum Gasteiger partial charge on any atom is -0.463 e. The molecule has 0 aliphatic heterocycles. The molecule has 0 fully saturated rings. The van der Waals surface area contributed by atoms with E-state index in [4.69, 9.17) is 9.15 Å². The van der Waals surface area contributed by atoms with Gasteiger partial charge in [0.05, 0.1) is 12.5 Å². The molecule has 0 saturated heterocycles. The van der Waals surface area contributed by atoms with Gasteiger partial charge in [0, 0.05) is 19.8 Å². The lowest BCUT2D eigenvalue weighted by Crippen LogP contribution is -2.25. The highest BCUT2D eigenvalue weighted by Crippen LogP contribution is 2.32. The summed E-state index contributed by atoms with van der Waals surface area (Å²) >= 11 is 0. The van der Waals surface area contributed by atoms with E-state index in [2.05, 4.69) is 15.4 Å². The number of fused-ring (bicyclic) bond motifs is 1. The lowest BCUT2D eigenvalue weighted by Gasteiger charge is -2.10. The molecule has 0 unspecified atom stereocenters. The van der Waals surface area contributed by atoms with E-state index in [9.17, 15) is 18.0 Å². The van der Waals surface area contributed by atoms with E-state index in [1.54, 1.807) is 0 Å². The van der Waals surface area contributed by atoms with Crippen LogP contribution in [0.25, 0.3) is 17.1 Å². The molecule has 0 aliphatic carbocycles. The number of amides is 1. The number of alkyl halides is 3. The molecule has 3 aromatic heterocycles. The number of ether oxygens (including phenoxy) is 1. The third kappa shape index (κ3) is 4.11. The minimum absolute atomic E-state index is 0.0364. The van der Waals surface area contributed by atoms with Gasteiger partial charge >= 0.3 is 6.18 Å². The van der Waals surface area contributed by atoms with Gasteiger partial charge in [0.25, 0.3) is 5.91 Å². The smallest absolute Gasteiger partial charge is 0.433 e. The van der Waals surface area contributed by atoms with Crippen molar-refractivity contribution in [1.29, 1.82) is 0 Å². The van der Waals surface area contributed by atoms with Crippen LogP contribution in [-0.4, -0.2) is 40.3 Å². The van der Waals surface area contributed by atoms with E-state index in [-0.39, 0.29) is 22.7 Å². The van der Waals surface area contributed by atoms with Crippen LogP contribution < -0.4 is 5.32 Å². The molecule has 0 bridgehead atoms. The Hall–Kier alpha value is -2.88. The van der Waals surface area contributed by atoms with Gasteiger partial charge in [-0.15, -0.1) is 0 Å². The molecule has 1 N–H and O–H groups in total. The molecule has 144 valence electrons. The van der Waals surface area contributed by atoms with Crippen LogP contribution in [0.1, 0.15) is 29.4 Å². The zero-order valence-corrected chi connectivity index (χ0v) is 14.4. The lowest BCUT2D eigenvalue weighted by molar-refractivity contribution is -0.142. The summed E-state index contributed by atoms with van der Waals surface area (Å²) in [4.78, 5) is 16.5. The van der Waals surface area contributed by atoms with Crippen LogP contribution in [0, 0.1) is 0 Å². The Morgan fingerprint density at radius 1 is 1.41 bits per heavy atom. The van der Waals surface area contributed by atoms with Crippen molar-refractivity contribution in [2.45, 2.75) is 19.5 Å². The largest absolute Gasteiger partial charge is 0.463 e. The number of nitrogens with one attached hydrogen (secondary N) is 1. The number of carbonyl (C=O) groups excluding carboxylic acids is 1. The van der Waals surface area contributed by atoms with Gasteiger partial charge < -0.3 is 14.5 Å². The van der Waals surface area contributed by atoms with E-state index in [0.29, 0.717) is 30.7 Å². The Balaban J connectivity index is 1.95. The van der Waals surface area contributed by atoms with Crippen molar-refractivity contribution in [3.05, 3.63) is 41.9 Å². The number of nitrogens with zero attached hydrogens (tertiary/aromatic N) is 3. The summed E-state index contributed by atoms with van der Waals surface area (Å²) < 4.78 is 51.2. The maximum atomic E-state index is 13.4. The maximum absolute atomic E-state index is 13.4. The number of furan rings is 1. The Morgan fingerprint density at radius 3 is 2.89 bits per heavy atom. The number of hydrogen-bond acceptors (Lipinski definition) is 5. The molecule has 10 heteroatoms. The molecular formula is C17H17F3N4O3. The van der Waals surface area contributed by atoms with Crippen molar-refractivity contribution >= 4 is 11.6 Å². The zero-order chi connectivity index (χ0) is 19.4. The first-order valence-electron chi connectivity index (χ1n) is 8.27. The number of aromatic nitrogens is 3. The fourth-order valence-electron chi connectivity index (χ4n) is 2.49. The number of rotatable bonds is 7. The van der Waals surface area contributed by atoms with E-state index < -0.39 is 17.8 Å². The van der Waals surface area contributed by atoms with Gasteiger partial charge in [-0.25, -0.2) is 9.50 Å². The number of carbonyl (C=O) groups is 1. The summed E-state index contributed by atoms with van der Waals surface area (Å²) in [5.74, 6) is -0.397. The van der Waals surface area contributed by atoms with Gasteiger partial charge in [0.15, 0.2) is 17.1 Å². The first kappa shape index (κ1) is 18.9. The van der Waals surface area contributed by atoms with Crippen molar-refractivity contribution in [2.75, 3.05) is 19.8 Å². The Morgan fingerprint density at radius 2 is 2.22 bits per heavy atom. The van der Waals surface area contributed by atoms with Crippen LogP contribution in [0.2, 0.25) is 0 Å². The zero-order valence-electron chi connectivity index (χ0n) is 14.4. The standard InChI is InChI=1S/C17H17F3N4O3/c1-2-26-7-4-6-21-16(25)11-10-22-24-14(17(18,19)20)9-12(23-15(11)24)13-5-3-8-27-13/h3,5,8-10H,2,4,6-7H2,1H3,(H,21,25). The summed E-state index contributed by atoms with van der Waals surface area (Å²) in [6.07, 6.45) is -1.70. The fourth-order valence-corrected chi connectivity index (χ4v) is 2.49. The molecule has 7 nitrogen and oxygen atoms in total. The Kier molecular flexibility index (Phi) is 5.45. The molecule has 3 heterocycles. The van der Waals surface area contributed by atoms with Crippen molar-refractivity contribution in [3.63, 3.8) is 0 Å². The van der Waals surface area contributed by atoms with Gasteiger partial charge in [0.1, 0.15) is 11.3 Å². The van der Waals surface area contributed by atoms with Gasteiger partial charge in [-0.1, -0.05) is 0 Å². The molecule has 0 spiro atoms. The summed E-state index contributed by atoms with van der Waals surface area (Å²) in [6.45, 7) is 3.23.